The molecule has 6 heterocycles. The van der Waals surface area contributed by atoms with E-state index < -0.39 is 17.2 Å². The Morgan fingerprint density at radius 3 is 2.52 bits per heavy atom. The molecule has 15 heteroatoms. The Hall–Kier alpha value is -4.32. The molecule has 0 aliphatic carbocycles. The first-order chi connectivity index (χ1) is 25.8. The zero-order valence-electron chi connectivity index (χ0n) is 31.1. The molecule has 4 aliphatic rings. The third kappa shape index (κ3) is 6.37. The highest BCUT2D eigenvalue weighted by Crippen LogP contribution is 2.48. The van der Waals surface area contributed by atoms with Crippen molar-refractivity contribution in [3.05, 3.63) is 40.4 Å². The van der Waals surface area contributed by atoms with Gasteiger partial charge in [0, 0.05) is 43.5 Å². The van der Waals surface area contributed by atoms with E-state index in [1.54, 1.807) is 25.1 Å². The van der Waals surface area contributed by atoms with Crippen LogP contribution in [0.5, 0.6) is 6.01 Å². The van der Waals surface area contributed by atoms with E-state index in [1.165, 1.54) is 18.5 Å². The first kappa shape index (κ1) is 36.6. The molecule has 2 atom stereocenters. The van der Waals surface area contributed by atoms with Crippen LogP contribution in [0.2, 0.25) is 5.02 Å². The fraction of sp³-hybridized carbons (Fsp3) is 0.513. The molecular formula is C39H43ClF2N8O3S. The number of aliphatic imine (C=N–C) groups is 1. The van der Waals surface area contributed by atoms with Gasteiger partial charge < -0.3 is 19.3 Å². The Kier molecular flexibility index (Phi) is 9.34. The fourth-order valence-corrected chi connectivity index (χ4v) is 10.1. The van der Waals surface area contributed by atoms with Gasteiger partial charge in [-0.3, -0.25) is 9.80 Å². The van der Waals surface area contributed by atoms with E-state index in [9.17, 15) is 10.1 Å². The second-order valence-electron chi connectivity index (χ2n) is 16.1. The zero-order valence-corrected chi connectivity index (χ0v) is 32.7. The van der Waals surface area contributed by atoms with Crippen LogP contribution in [-0.2, 0) is 4.74 Å². The molecule has 0 radical (unpaired) electrons. The molecule has 4 aromatic rings. The van der Waals surface area contributed by atoms with Gasteiger partial charge in [-0.2, -0.15) is 15.2 Å². The van der Waals surface area contributed by atoms with E-state index >= 15 is 8.78 Å². The smallest absolute Gasteiger partial charge is 0.410 e. The first-order valence-electron chi connectivity index (χ1n) is 18.5. The molecule has 0 saturated carbocycles. The topological polar surface area (TPSA) is 110 Å². The molecule has 4 fully saturated rings. The monoisotopic (exact) mass is 776 g/mol. The number of anilines is 1. The number of benzene rings is 2. The van der Waals surface area contributed by atoms with Crippen molar-refractivity contribution >= 4 is 67.2 Å². The molecule has 4 saturated heterocycles. The number of carbonyl (C=O) groups excluding carboxylic acids is 1. The van der Waals surface area contributed by atoms with Crippen molar-refractivity contribution in [3.63, 3.8) is 0 Å². The van der Waals surface area contributed by atoms with E-state index in [0.29, 0.717) is 35.9 Å². The number of carbonyl (C=O) groups is 1. The lowest BCUT2D eigenvalue weighted by Crippen LogP contribution is -2.57. The number of fused-ring (bicyclic) bond motifs is 5. The van der Waals surface area contributed by atoms with Gasteiger partial charge in [-0.25, -0.2) is 18.6 Å². The van der Waals surface area contributed by atoms with Crippen LogP contribution in [0.4, 0.5) is 24.4 Å². The van der Waals surface area contributed by atoms with Gasteiger partial charge in [0.15, 0.2) is 5.82 Å². The molecule has 284 valence electrons. The van der Waals surface area contributed by atoms with Crippen molar-refractivity contribution in [2.24, 2.45) is 4.99 Å². The van der Waals surface area contributed by atoms with Gasteiger partial charge in [0.1, 0.15) is 40.4 Å². The molecule has 8 rings (SSSR count). The average Bonchev–Trinajstić information content (AvgIpc) is 3.86. The molecule has 0 spiro atoms. The lowest BCUT2D eigenvalue weighted by atomic mass is 9.95. The highest BCUT2D eigenvalue weighted by atomic mass is 35.5. The number of amides is 1. The predicted octanol–water partition coefficient (Wildman–Crippen LogP) is 8.13. The quantitative estimate of drug-likeness (QED) is 0.136. The molecule has 1 amide bonds. The second-order valence-corrected chi connectivity index (χ2v) is 17.5. The van der Waals surface area contributed by atoms with Crippen molar-refractivity contribution in [3.8, 4) is 23.2 Å². The number of hydrogen-bond acceptors (Lipinski definition) is 10. The van der Waals surface area contributed by atoms with E-state index in [1.807, 2.05) is 25.7 Å². The summed E-state index contributed by atoms with van der Waals surface area (Å²) in [4.78, 5) is 35.4. The number of aromatic nitrogens is 2. The number of nitrogens with zero attached hydrogens (tertiary/aromatic N) is 8. The molecule has 4 aliphatic heterocycles. The van der Waals surface area contributed by atoms with Crippen molar-refractivity contribution in [1.82, 2.24) is 24.7 Å². The Morgan fingerprint density at radius 2 is 1.87 bits per heavy atom. The molecule has 0 N–H and O–H groups in total. The molecular weight excluding hydrogens is 734 g/mol. The second kappa shape index (κ2) is 13.8. The van der Waals surface area contributed by atoms with Crippen LogP contribution in [0.25, 0.3) is 32.1 Å². The minimum atomic E-state index is -0.732. The summed E-state index contributed by atoms with van der Waals surface area (Å²) in [5, 5.41) is 11.3. The lowest BCUT2D eigenvalue weighted by molar-refractivity contribution is 0.0122. The minimum Gasteiger partial charge on any atom is -0.461 e. The van der Waals surface area contributed by atoms with Crippen LogP contribution >= 0.6 is 22.9 Å². The maximum Gasteiger partial charge on any atom is 0.410 e. The molecule has 2 aromatic heterocycles. The zero-order chi connectivity index (χ0) is 38.1. The maximum atomic E-state index is 17.4. The summed E-state index contributed by atoms with van der Waals surface area (Å²) in [5.41, 5.74) is -0.349. The van der Waals surface area contributed by atoms with E-state index in [4.69, 9.17) is 31.0 Å². The summed E-state index contributed by atoms with van der Waals surface area (Å²) in [6, 6.07) is 6.31. The maximum absolute atomic E-state index is 17.4. The molecule has 11 nitrogen and oxygen atoms in total. The molecule has 2 bridgehead atoms. The van der Waals surface area contributed by atoms with Gasteiger partial charge in [0.2, 0.25) is 0 Å². The number of halogens is 3. The minimum absolute atomic E-state index is 0.000540. The van der Waals surface area contributed by atoms with Gasteiger partial charge >= 0.3 is 12.1 Å². The number of piperazine rings is 1. The Bertz CT molecular complexity index is 2210. The average molecular weight is 777 g/mol. The van der Waals surface area contributed by atoms with Crippen LogP contribution in [0.1, 0.15) is 64.9 Å². The summed E-state index contributed by atoms with van der Waals surface area (Å²) in [6.07, 6.45) is 7.00. The van der Waals surface area contributed by atoms with Gasteiger partial charge in [-0.15, -0.1) is 11.3 Å². The van der Waals surface area contributed by atoms with Gasteiger partial charge in [0.25, 0.3) is 0 Å². The SMILES string of the molecule is CN(C)/C=N/c1sc2c(F)ccc(-c3c(Cl)cc4c(N5CC6CCC(C5)N6C(=O)OC(C)(C)C)nc(OCC56CCCN5CCC6)nc4c3F)c2c1C#N. The Morgan fingerprint density at radius 1 is 1.17 bits per heavy atom. The van der Waals surface area contributed by atoms with Gasteiger partial charge in [-0.05, 0) is 90.1 Å². The standard InChI is InChI=1S/C39H43ClF2N8O3S/c1-38(2,3)53-37(51)50-22-8-9-23(50)19-48(18-22)34-25-16-27(40)30(24-10-11-28(41)33-29(24)26(17-43)35(54-33)44-21-47(4)5)31(42)32(25)45-36(46-34)52-20-39-12-6-14-49(39)15-7-13-39/h10-11,16,21-23H,6-9,12-15,18-20H2,1-5H3/b44-21+. The van der Waals surface area contributed by atoms with Crippen LogP contribution in [0.15, 0.2) is 23.2 Å². The molecule has 2 aromatic carbocycles. The summed E-state index contributed by atoms with van der Waals surface area (Å²) < 4.78 is 45.1. The highest BCUT2D eigenvalue weighted by Gasteiger charge is 2.46. The summed E-state index contributed by atoms with van der Waals surface area (Å²) >= 11 is 8.03. The molecule has 2 unspecified atom stereocenters. The summed E-state index contributed by atoms with van der Waals surface area (Å²) in [7, 11) is 3.58. The summed E-state index contributed by atoms with van der Waals surface area (Å²) in [5.74, 6) is -0.816. The number of rotatable bonds is 7. The van der Waals surface area contributed by atoms with Crippen LogP contribution in [-0.4, -0.2) is 107 Å². The van der Waals surface area contributed by atoms with Crippen molar-refractivity contribution in [2.75, 3.05) is 51.8 Å². The van der Waals surface area contributed by atoms with Crippen molar-refractivity contribution in [1.29, 1.82) is 5.26 Å². The first-order valence-corrected chi connectivity index (χ1v) is 19.7. The van der Waals surface area contributed by atoms with Gasteiger partial charge in [-0.1, -0.05) is 17.7 Å². The van der Waals surface area contributed by atoms with Crippen molar-refractivity contribution in [2.45, 2.75) is 82.5 Å². The fourth-order valence-electron chi connectivity index (χ4n) is 8.79. The third-order valence-electron chi connectivity index (χ3n) is 11.1. The van der Waals surface area contributed by atoms with Crippen LogP contribution < -0.4 is 9.64 Å². The van der Waals surface area contributed by atoms with Crippen LogP contribution in [0.3, 0.4) is 0 Å². The number of hydrogen-bond donors (Lipinski definition) is 0. The largest absolute Gasteiger partial charge is 0.461 e. The number of ether oxygens (including phenoxy) is 2. The predicted molar refractivity (Wildman–Crippen MR) is 207 cm³/mol. The van der Waals surface area contributed by atoms with E-state index in [0.717, 1.165) is 63.0 Å². The normalized spacial score (nSPS) is 21.0. The van der Waals surface area contributed by atoms with Crippen LogP contribution in [0, 0.1) is 23.0 Å². The Balaban J connectivity index is 1.25. The number of thiophene rings is 1. The Labute approximate surface area is 322 Å². The summed E-state index contributed by atoms with van der Waals surface area (Å²) in [6.45, 7) is 8.90. The van der Waals surface area contributed by atoms with E-state index in [-0.39, 0.29) is 67.0 Å². The third-order valence-corrected chi connectivity index (χ3v) is 12.5. The lowest BCUT2D eigenvalue weighted by Gasteiger charge is -2.42. The highest BCUT2D eigenvalue weighted by molar-refractivity contribution is 7.23. The number of nitriles is 1. The van der Waals surface area contributed by atoms with Gasteiger partial charge in [0.05, 0.1) is 39.2 Å². The van der Waals surface area contributed by atoms with Crippen molar-refractivity contribution < 1.29 is 23.0 Å². The van der Waals surface area contributed by atoms with E-state index in [2.05, 4.69) is 20.9 Å². The molecule has 54 heavy (non-hydrogen) atoms.